The topological polar surface area (TPSA) is 95.5 Å². The van der Waals surface area contributed by atoms with Crippen LogP contribution >= 0.6 is 0 Å². The molecule has 0 aliphatic carbocycles. The molecule has 0 radical (unpaired) electrons. The second-order valence-corrected chi connectivity index (χ2v) is 5.52. The first-order valence-corrected chi connectivity index (χ1v) is 7.28. The number of hydrogen-bond donors (Lipinski definition) is 2. The number of H-pyrrole nitrogens is 1. The molecule has 2 aromatic rings. The molecule has 2 heterocycles. The van der Waals surface area contributed by atoms with E-state index in [4.69, 9.17) is 4.74 Å². The Morgan fingerprint density at radius 2 is 2.17 bits per heavy atom. The summed E-state index contributed by atoms with van der Waals surface area (Å²) in [5.41, 5.74) is 1.54. The van der Waals surface area contributed by atoms with Crippen LogP contribution in [-0.4, -0.2) is 51.1 Å². The highest BCUT2D eigenvalue weighted by atomic mass is 16.5. The maximum atomic E-state index is 12.0. The van der Waals surface area contributed by atoms with Gasteiger partial charge >= 0.3 is 0 Å². The van der Waals surface area contributed by atoms with Gasteiger partial charge in [-0.3, -0.25) is 14.7 Å². The van der Waals surface area contributed by atoms with Gasteiger partial charge in [0, 0.05) is 18.7 Å². The molecule has 1 aromatic heterocycles. The molecule has 0 saturated carbocycles. The van der Waals surface area contributed by atoms with E-state index in [1.165, 1.54) is 11.8 Å². The maximum Gasteiger partial charge on any atom is 0.274 e. The zero-order valence-electron chi connectivity index (χ0n) is 12.7. The van der Waals surface area contributed by atoms with Gasteiger partial charge in [0.15, 0.2) is 11.5 Å². The highest BCUT2D eigenvalue weighted by molar-refractivity contribution is 5.94. The van der Waals surface area contributed by atoms with Gasteiger partial charge < -0.3 is 14.7 Å². The van der Waals surface area contributed by atoms with Crippen molar-refractivity contribution < 1.29 is 19.4 Å². The number of ketones is 1. The highest BCUT2D eigenvalue weighted by Gasteiger charge is 2.30. The summed E-state index contributed by atoms with van der Waals surface area (Å²) in [7, 11) is 0. The van der Waals surface area contributed by atoms with Gasteiger partial charge in [-0.15, -0.1) is 0 Å². The Morgan fingerprint density at radius 3 is 2.87 bits per heavy atom. The Bertz CT molecular complexity index is 734. The molecule has 1 aromatic carbocycles. The summed E-state index contributed by atoms with van der Waals surface area (Å²) in [5, 5.41) is 16.0. The van der Waals surface area contributed by atoms with Gasteiger partial charge in [0.1, 0.15) is 12.4 Å². The predicted octanol–water partition coefficient (Wildman–Crippen LogP) is 1.01. The van der Waals surface area contributed by atoms with E-state index in [9.17, 15) is 14.7 Å². The number of hydrogen-bond acceptors (Lipinski definition) is 5. The quantitative estimate of drug-likeness (QED) is 0.803. The molecule has 23 heavy (non-hydrogen) atoms. The monoisotopic (exact) mass is 315 g/mol. The SMILES string of the molecule is CC(=O)c1cccc(OCc2cc(C(=O)N3CC(O)C3)n[nH]2)c1. The number of nitrogens with zero attached hydrogens (tertiary/aromatic N) is 2. The Morgan fingerprint density at radius 1 is 1.39 bits per heavy atom. The number of rotatable bonds is 5. The summed E-state index contributed by atoms with van der Waals surface area (Å²) in [6.45, 7) is 2.40. The highest BCUT2D eigenvalue weighted by Crippen LogP contribution is 2.16. The van der Waals surface area contributed by atoms with Crippen molar-refractivity contribution in [1.29, 1.82) is 0 Å². The van der Waals surface area contributed by atoms with Crippen LogP contribution < -0.4 is 4.74 Å². The molecule has 7 heteroatoms. The van der Waals surface area contributed by atoms with Gasteiger partial charge in [0.25, 0.3) is 5.91 Å². The molecule has 1 aliphatic rings. The van der Waals surface area contributed by atoms with Crippen LogP contribution in [-0.2, 0) is 6.61 Å². The fourth-order valence-corrected chi connectivity index (χ4v) is 2.29. The zero-order valence-corrected chi connectivity index (χ0v) is 12.7. The molecular weight excluding hydrogens is 298 g/mol. The van der Waals surface area contributed by atoms with Gasteiger partial charge in [0.2, 0.25) is 0 Å². The van der Waals surface area contributed by atoms with Crippen molar-refractivity contribution in [3.63, 3.8) is 0 Å². The van der Waals surface area contributed by atoms with E-state index >= 15 is 0 Å². The Balaban J connectivity index is 1.60. The number of Topliss-reactive ketones (excluding diaryl/α,β-unsaturated/α-hetero) is 1. The number of carbonyl (C=O) groups is 2. The van der Waals surface area contributed by atoms with Crippen molar-refractivity contribution in [1.82, 2.24) is 15.1 Å². The van der Waals surface area contributed by atoms with Gasteiger partial charge in [0.05, 0.1) is 11.8 Å². The largest absolute Gasteiger partial charge is 0.487 e. The van der Waals surface area contributed by atoms with Gasteiger partial charge in [-0.25, -0.2) is 0 Å². The first-order valence-electron chi connectivity index (χ1n) is 7.28. The first kappa shape index (κ1) is 15.2. The number of likely N-dealkylation sites (tertiary alicyclic amines) is 1. The van der Waals surface area contributed by atoms with E-state index in [1.807, 2.05) is 0 Å². The third-order valence-corrected chi connectivity index (χ3v) is 3.63. The lowest BCUT2D eigenvalue weighted by atomic mass is 10.1. The molecule has 7 nitrogen and oxygen atoms in total. The van der Waals surface area contributed by atoms with Crippen LogP contribution in [0.4, 0.5) is 0 Å². The normalized spacial score (nSPS) is 14.4. The molecule has 1 saturated heterocycles. The second kappa shape index (κ2) is 6.21. The average Bonchev–Trinajstić information content (AvgIpc) is 2.98. The Hall–Kier alpha value is -2.67. The standard InChI is InChI=1S/C16H17N3O4/c1-10(20)11-3-2-4-14(5-11)23-9-12-6-15(18-17-12)16(22)19-7-13(21)8-19/h2-6,13,21H,7-9H2,1H3,(H,17,18). The van der Waals surface area contributed by atoms with E-state index < -0.39 is 6.10 Å². The minimum Gasteiger partial charge on any atom is -0.487 e. The lowest BCUT2D eigenvalue weighted by molar-refractivity contribution is 0.00550. The summed E-state index contributed by atoms with van der Waals surface area (Å²) in [6.07, 6.45) is -0.436. The van der Waals surface area contributed by atoms with E-state index in [-0.39, 0.29) is 18.3 Å². The van der Waals surface area contributed by atoms with Gasteiger partial charge in [-0.1, -0.05) is 12.1 Å². The van der Waals surface area contributed by atoms with Crippen LogP contribution in [0.15, 0.2) is 30.3 Å². The summed E-state index contributed by atoms with van der Waals surface area (Å²) >= 11 is 0. The minimum atomic E-state index is -0.436. The van der Waals surface area contributed by atoms with Crippen molar-refractivity contribution in [2.75, 3.05) is 13.1 Å². The fourth-order valence-electron chi connectivity index (χ4n) is 2.29. The Labute approximate surface area is 132 Å². The zero-order chi connectivity index (χ0) is 16.4. The number of aromatic nitrogens is 2. The molecule has 1 fully saturated rings. The van der Waals surface area contributed by atoms with Crippen LogP contribution in [0.5, 0.6) is 5.75 Å². The number of aliphatic hydroxyl groups is 1. The summed E-state index contributed by atoms with van der Waals surface area (Å²) in [4.78, 5) is 24.9. The molecule has 0 bridgehead atoms. The van der Waals surface area contributed by atoms with Crippen molar-refractivity contribution in [3.8, 4) is 5.75 Å². The van der Waals surface area contributed by atoms with Crippen LogP contribution in [0.2, 0.25) is 0 Å². The van der Waals surface area contributed by atoms with Crippen molar-refractivity contribution in [2.45, 2.75) is 19.6 Å². The molecular formula is C16H17N3O4. The lowest BCUT2D eigenvalue weighted by Gasteiger charge is -2.35. The smallest absolute Gasteiger partial charge is 0.274 e. The average molecular weight is 315 g/mol. The molecule has 0 spiro atoms. The molecule has 2 N–H and O–H groups in total. The van der Waals surface area contributed by atoms with Crippen molar-refractivity contribution >= 4 is 11.7 Å². The van der Waals surface area contributed by atoms with E-state index in [2.05, 4.69) is 10.2 Å². The fraction of sp³-hybridized carbons (Fsp3) is 0.312. The van der Waals surface area contributed by atoms with Gasteiger partial charge in [-0.05, 0) is 25.1 Å². The minimum absolute atomic E-state index is 0.0263. The first-order chi connectivity index (χ1) is 11.0. The van der Waals surface area contributed by atoms with Crippen LogP contribution in [0.1, 0.15) is 33.5 Å². The van der Waals surface area contributed by atoms with E-state index in [1.54, 1.807) is 30.3 Å². The van der Waals surface area contributed by atoms with Gasteiger partial charge in [-0.2, -0.15) is 5.10 Å². The number of β-amino-alcohol motifs (C(OH)–C–C–N with tert-alkyl or cyclic N) is 1. The second-order valence-electron chi connectivity index (χ2n) is 5.52. The third kappa shape index (κ3) is 3.40. The number of benzene rings is 1. The molecule has 120 valence electrons. The number of carbonyl (C=O) groups excluding carboxylic acids is 2. The molecule has 1 aliphatic heterocycles. The van der Waals surface area contributed by atoms with Crippen molar-refractivity contribution in [2.24, 2.45) is 0 Å². The molecule has 3 rings (SSSR count). The van der Waals surface area contributed by atoms with Crippen LogP contribution in [0.3, 0.4) is 0 Å². The van der Waals surface area contributed by atoms with E-state index in [0.29, 0.717) is 35.8 Å². The van der Waals surface area contributed by atoms with E-state index in [0.717, 1.165) is 0 Å². The number of ether oxygens (including phenoxy) is 1. The molecule has 1 amide bonds. The molecule has 0 unspecified atom stereocenters. The Kier molecular flexibility index (Phi) is 4.12. The van der Waals surface area contributed by atoms with Crippen LogP contribution in [0.25, 0.3) is 0 Å². The summed E-state index contributed by atoms with van der Waals surface area (Å²) < 4.78 is 5.61. The van der Waals surface area contributed by atoms with Crippen molar-refractivity contribution in [3.05, 3.63) is 47.3 Å². The summed E-state index contributed by atoms with van der Waals surface area (Å²) in [6, 6.07) is 8.54. The predicted molar refractivity (Wildman–Crippen MR) is 81.3 cm³/mol. The number of nitrogens with one attached hydrogen (secondary N) is 1. The summed E-state index contributed by atoms with van der Waals surface area (Å²) in [5.74, 6) is 0.337. The number of aliphatic hydroxyl groups excluding tert-OH is 1. The third-order valence-electron chi connectivity index (χ3n) is 3.63. The number of amides is 1. The number of aromatic amines is 1. The van der Waals surface area contributed by atoms with Crippen LogP contribution in [0, 0.1) is 0 Å². The lowest BCUT2D eigenvalue weighted by Crippen LogP contribution is -2.53. The molecule has 0 atom stereocenters. The maximum absolute atomic E-state index is 12.0.